The van der Waals surface area contributed by atoms with Crippen LogP contribution in [0.25, 0.3) is 0 Å². The molecule has 0 bridgehead atoms. The fourth-order valence-electron chi connectivity index (χ4n) is 3.33. The molecule has 2 aliphatic heterocycles. The van der Waals surface area contributed by atoms with Crippen LogP contribution in [-0.2, 0) is 11.3 Å². The Morgan fingerprint density at radius 1 is 1.21 bits per heavy atom. The van der Waals surface area contributed by atoms with E-state index < -0.39 is 5.60 Å². The molecule has 2 fully saturated rings. The van der Waals surface area contributed by atoms with Gasteiger partial charge in [0.15, 0.2) is 0 Å². The highest BCUT2D eigenvalue weighted by atomic mass is 16.6. The lowest BCUT2D eigenvalue weighted by molar-refractivity contribution is 0.0128. The smallest absolute Gasteiger partial charge is 0.410 e. The first-order chi connectivity index (χ1) is 13.3. The van der Waals surface area contributed by atoms with Gasteiger partial charge >= 0.3 is 12.1 Å². The maximum absolute atomic E-state index is 12.6. The second kappa shape index (κ2) is 8.11. The minimum Gasteiger partial charge on any atom is -0.444 e. The Kier molecular flexibility index (Phi) is 5.80. The summed E-state index contributed by atoms with van der Waals surface area (Å²) in [6.45, 7) is 7.91. The van der Waals surface area contributed by atoms with Crippen molar-refractivity contribution in [2.75, 3.05) is 32.7 Å². The van der Waals surface area contributed by atoms with Crippen LogP contribution >= 0.6 is 0 Å². The van der Waals surface area contributed by atoms with Crippen molar-refractivity contribution >= 4 is 12.1 Å². The summed E-state index contributed by atoms with van der Waals surface area (Å²) in [7, 11) is 0. The molecule has 1 aromatic carbocycles. The van der Waals surface area contributed by atoms with Crippen LogP contribution in [-0.4, -0.2) is 76.3 Å². The van der Waals surface area contributed by atoms with Gasteiger partial charge in [-0.25, -0.2) is 9.59 Å². The predicted octanol–water partition coefficient (Wildman–Crippen LogP) is 1.89. The van der Waals surface area contributed by atoms with Crippen LogP contribution in [0.3, 0.4) is 0 Å². The Balaban J connectivity index is 1.56. The van der Waals surface area contributed by atoms with Crippen molar-refractivity contribution in [3.8, 4) is 11.8 Å². The molecule has 2 saturated heterocycles. The first kappa shape index (κ1) is 20.0. The van der Waals surface area contributed by atoms with Crippen LogP contribution in [0.15, 0.2) is 24.3 Å². The molecule has 1 N–H and O–H groups in total. The Morgan fingerprint density at radius 3 is 2.57 bits per heavy atom. The van der Waals surface area contributed by atoms with Crippen LogP contribution < -0.4 is 0 Å². The summed E-state index contributed by atoms with van der Waals surface area (Å²) in [5.41, 5.74) is 1.15. The average molecular weight is 385 g/mol. The molecular formula is C21H27N3O4. The van der Waals surface area contributed by atoms with Gasteiger partial charge in [0.1, 0.15) is 5.60 Å². The molecule has 2 heterocycles. The summed E-state index contributed by atoms with van der Waals surface area (Å²) in [6, 6.07) is 7.31. The van der Waals surface area contributed by atoms with Crippen LogP contribution in [0, 0.1) is 11.8 Å². The van der Waals surface area contributed by atoms with Crippen molar-refractivity contribution in [3.63, 3.8) is 0 Å². The Bertz CT molecular complexity index is 789. The maximum Gasteiger partial charge on any atom is 0.410 e. The van der Waals surface area contributed by atoms with Crippen molar-refractivity contribution in [1.29, 1.82) is 0 Å². The van der Waals surface area contributed by atoms with Gasteiger partial charge < -0.3 is 24.5 Å². The van der Waals surface area contributed by atoms with E-state index >= 15 is 0 Å². The highest BCUT2D eigenvalue weighted by molar-refractivity contribution is 5.78. The molecule has 0 aromatic heterocycles. The van der Waals surface area contributed by atoms with Crippen LogP contribution in [0.2, 0.25) is 0 Å². The van der Waals surface area contributed by atoms with E-state index in [1.165, 1.54) is 0 Å². The topological polar surface area (TPSA) is 73.3 Å². The number of amides is 3. The Labute approximate surface area is 165 Å². The molecule has 7 nitrogen and oxygen atoms in total. The summed E-state index contributed by atoms with van der Waals surface area (Å²) in [5, 5.41) is 9.07. The lowest BCUT2D eigenvalue weighted by Gasteiger charge is -2.37. The van der Waals surface area contributed by atoms with Crippen molar-refractivity contribution in [2.45, 2.75) is 39.0 Å². The van der Waals surface area contributed by atoms with Gasteiger partial charge in [0, 0.05) is 31.7 Å². The number of aliphatic hydroxyl groups excluding tert-OH is 1. The SMILES string of the molecule is CC(C)(C)OC(=O)N1CCN2C(=O)N(CC#Cc3ccc(CO)cc3)C[C@@H]2C1. The van der Waals surface area contributed by atoms with Gasteiger partial charge in [0.25, 0.3) is 0 Å². The molecule has 0 saturated carbocycles. The maximum atomic E-state index is 12.6. The minimum absolute atomic E-state index is 0.00746. The van der Waals surface area contributed by atoms with Gasteiger partial charge in [-0.15, -0.1) is 0 Å². The molecule has 1 atom stereocenters. The molecule has 0 radical (unpaired) electrons. The van der Waals surface area contributed by atoms with E-state index in [0.717, 1.165) is 11.1 Å². The number of carbonyl (C=O) groups is 2. The molecule has 0 aliphatic carbocycles. The molecule has 3 rings (SSSR count). The summed E-state index contributed by atoms with van der Waals surface area (Å²) in [4.78, 5) is 30.1. The third-order valence-corrected chi connectivity index (χ3v) is 4.72. The first-order valence-electron chi connectivity index (χ1n) is 9.49. The number of benzene rings is 1. The standard InChI is InChI=1S/C21H27N3O4/c1-21(2,3)28-20(27)23-11-12-24-18(14-23)13-22(19(24)26)10-4-5-16-6-8-17(15-25)9-7-16/h6-9,18,25H,10-15H2,1-3H3/t18-/m1/s1. The number of urea groups is 1. The van der Waals surface area contributed by atoms with E-state index in [0.29, 0.717) is 32.7 Å². The highest BCUT2D eigenvalue weighted by Gasteiger charge is 2.41. The summed E-state index contributed by atoms with van der Waals surface area (Å²) < 4.78 is 5.44. The number of nitrogens with zero attached hydrogens (tertiary/aromatic N) is 3. The molecule has 3 amide bonds. The van der Waals surface area contributed by atoms with E-state index in [-0.39, 0.29) is 24.8 Å². The molecule has 2 aliphatic rings. The molecule has 0 unspecified atom stereocenters. The summed E-state index contributed by atoms with van der Waals surface area (Å²) >= 11 is 0. The van der Waals surface area contributed by atoms with Crippen molar-refractivity contribution in [3.05, 3.63) is 35.4 Å². The zero-order chi connectivity index (χ0) is 20.3. The number of hydrogen-bond acceptors (Lipinski definition) is 4. The molecule has 0 spiro atoms. The third-order valence-electron chi connectivity index (χ3n) is 4.72. The lowest BCUT2D eigenvalue weighted by atomic mass is 10.1. The fourth-order valence-corrected chi connectivity index (χ4v) is 3.33. The van der Waals surface area contributed by atoms with E-state index in [9.17, 15) is 9.59 Å². The van der Waals surface area contributed by atoms with E-state index in [4.69, 9.17) is 9.84 Å². The average Bonchev–Trinajstić information content (AvgIpc) is 2.96. The van der Waals surface area contributed by atoms with Gasteiger partial charge in [-0.1, -0.05) is 24.0 Å². The normalized spacial score (nSPS) is 19.2. The van der Waals surface area contributed by atoms with E-state index in [1.54, 1.807) is 9.80 Å². The van der Waals surface area contributed by atoms with Crippen LogP contribution in [0.5, 0.6) is 0 Å². The van der Waals surface area contributed by atoms with Gasteiger partial charge in [-0.05, 0) is 38.5 Å². The number of carbonyl (C=O) groups excluding carboxylic acids is 2. The number of rotatable bonds is 2. The second-order valence-electron chi connectivity index (χ2n) is 8.09. The number of ether oxygens (including phenoxy) is 1. The second-order valence-corrected chi connectivity index (χ2v) is 8.09. The van der Waals surface area contributed by atoms with Gasteiger partial charge in [-0.3, -0.25) is 0 Å². The fraction of sp³-hybridized carbons (Fsp3) is 0.524. The van der Waals surface area contributed by atoms with Crippen LogP contribution in [0.1, 0.15) is 31.9 Å². The first-order valence-corrected chi connectivity index (χ1v) is 9.49. The lowest BCUT2D eigenvalue weighted by Crippen LogP contribution is -2.54. The molecular weight excluding hydrogens is 358 g/mol. The summed E-state index contributed by atoms with van der Waals surface area (Å²) in [6.07, 6.45) is -0.329. The monoisotopic (exact) mass is 385 g/mol. The van der Waals surface area contributed by atoms with Crippen molar-refractivity contribution in [1.82, 2.24) is 14.7 Å². The van der Waals surface area contributed by atoms with Crippen molar-refractivity contribution < 1.29 is 19.4 Å². The largest absolute Gasteiger partial charge is 0.444 e. The zero-order valence-corrected chi connectivity index (χ0v) is 16.6. The van der Waals surface area contributed by atoms with E-state index in [1.807, 2.05) is 49.9 Å². The van der Waals surface area contributed by atoms with Crippen molar-refractivity contribution in [2.24, 2.45) is 0 Å². The molecule has 150 valence electrons. The zero-order valence-electron chi connectivity index (χ0n) is 16.6. The highest BCUT2D eigenvalue weighted by Crippen LogP contribution is 2.21. The molecule has 28 heavy (non-hydrogen) atoms. The Hall–Kier alpha value is -2.72. The van der Waals surface area contributed by atoms with Crippen LogP contribution in [0.4, 0.5) is 9.59 Å². The number of fused-ring (bicyclic) bond motifs is 1. The van der Waals surface area contributed by atoms with Gasteiger partial charge in [-0.2, -0.15) is 0 Å². The number of piperazine rings is 1. The number of hydrogen-bond donors (Lipinski definition) is 1. The van der Waals surface area contributed by atoms with Gasteiger partial charge in [0.2, 0.25) is 0 Å². The Morgan fingerprint density at radius 2 is 1.93 bits per heavy atom. The third kappa shape index (κ3) is 4.76. The minimum atomic E-state index is -0.531. The van der Waals surface area contributed by atoms with Gasteiger partial charge in [0.05, 0.1) is 19.2 Å². The van der Waals surface area contributed by atoms with E-state index in [2.05, 4.69) is 11.8 Å². The predicted molar refractivity (Wildman–Crippen MR) is 105 cm³/mol. The molecule has 1 aromatic rings. The molecule has 7 heteroatoms. The number of aliphatic hydroxyl groups is 1. The summed E-state index contributed by atoms with van der Waals surface area (Å²) in [5.74, 6) is 6.10. The quantitative estimate of drug-likeness (QED) is 0.789.